The lowest BCUT2D eigenvalue weighted by Crippen LogP contribution is -2.37. The van der Waals surface area contributed by atoms with Gasteiger partial charge in [0.15, 0.2) is 0 Å². The van der Waals surface area contributed by atoms with Crippen molar-refractivity contribution < 1.29 is 18.0 Å². The molecule has 1 amide bonds. The quantitative estimate of drug-likeness (QED) is 0.891. The van der Waals surface area contributed by atoms with E-state index in [1.54, 1.807) is 0 Å². The highest BCUT2D eigenvalue weighted by Crippen LogP contribution is 2.34. The summed E-state index contributed by atoms with van der Waals surface area (Å²) in [4.78, 5) is 14.2. The molecule has 0 atom stereocenters. The van der Waals surface area contributed by atoms with Crippen molar-refractivity contribution in [3.05, 3.63) is 59.2 Å². The van der Waals surface area contributed by atoms with Crippen LogP contribution >= 0.6 is 0 Å². The van der Waals surface area contributed by atoms with Crippen LogP contribution in [0.5, 0.6) is 0 Å². The molecule has 25 heavy (non-hydrogen) atoms. The number of benzene rings is 2. The molecule has 0 radical (unpaired) electrons. The molecule has 0 fully saturated rings. The number of nitrogens with zero attached hydrogens (tertiary/aromatic N) is 1. The van der Waals surface area contributed by atoms with Gasteiger partial charge in [-0.2, -0.15) is 13.2 Å². The number of anilines is 2. The average Bonchev–Trinajstić information content (AvgIpc) is 2.54. The second kappa shape index (κ2) is 6.78. The summed E-state index contributed by atoms with van der Waals surface area (Å²) in [5.41, 5.74) is 2.27. The van der Waals surface area contributed by atoms with Gasteiger partial charge in [-0.1, -0.05) is 29.8 Å². The molecule has 0 unspecified atom stereocenters. The molecule has 3 rings (SSSR count). The predicted octanol–water partition coefficient (Wildman–Crippen LogP) is 4.41. The molecule has 0 saturated carbocycles. The first-order valence-corrected chi connectivity index (χ1v) is 8.15. The Kier molecular flexibility index (Phi) is 4.70. The number of aryl methyl sites for hydroxylation is 2. The first kappa shape index (κ1) is 17.3. The third kappa shape index (κ3) is 3.95. The van der Waals surface area contributed by atoms with Crippen LogP contribution in [0.25, 0.3) is 0 Å². The van der Waals surface area contributed by atoms with Crippen LogP contribution < -0.4 is 10.2 Å². The Bertz CT molecular complexity index is 786. The number of alkyl halides is 3. The van der Waals surface area contributed by atoms with Crippen LogP contribution in [0.15, 0.2) is 42.5 Å². The molecule has 6 heteroatoms. The van der Waals surface area contributed by atoms with E-state index in [0.29, 0.717) is 6.54 Å². The summed E-state index contributed by atoms with van der Waals surface area (Å²) in [6.07, 6.45) is -2.63. The van der Waals surface area contributed by atoms with Crippen LogP contribution in [0, 0.1) is 6.92 Å². The highest BCUT2D eigenvalue weighted by molar-refractivity contribution is 5.95. The molecule has 0 aromatic heterocycles. The normalized spacial score (nSPS) is 14.2. The molecule has 1 heterocycles. The van der Waals surface area contributed by atoms with Crippen LogP contribution in [0.2, 0.25) is 0 Å². The minimum Gasteiger partial charge on any atom is -0.362 e. The summed E-state index contributed by atoms with van der Waals surface area (Å²) >= 11 is 0. The summed E-state index contributed by atoms with van der Waals surface area (Å²) < 4.78 is 39.1. The van der Waals surface area contributed by atoms with E-state index in [1.807, 2.05) is 24.0 Å². The Balaban J connectivity index is 1.75. The van der Waals surface area contributed by atoms with Crippen molar-refractivity contribution in [2.24, 2.45) is 0 Å². The lowest BCUT2D eigenvalue weighted by Gasteiger charge is -2.31. The molecule has 0 aliphatic carbocycles. The Morgan fingerprint density at radius 2 is 1.96 bits per heavy atom. The highest BCUT2D eigenvalue weighted by atomic mass is 19.4. The van der Waals surface area contributed by atoms with Gasteiger partial charge in [0.2, 0.25) is 5.91 Å². The van der Waals surface area contributed by atoms with Crippen LogP contribution in [-0.4, -0.2) is 19.0 Å². The molecule has 0 saturated heterocycles. The van der Waals surface area contributed by atoms with Crippen molar-refractivity contribution in [3.63, 3.8) is 0 Å². The monoisotopic (exact) mass is 348 g/mol. The SMILES string of the molecule is Cc1ccc2c(c1)CCCN2CC(=O)Nc1ccccc1C(F)(F)F. The van der Waals surface area contributed by atoms with E-state index in [2.05, 4.69) is 11.4 Å². The number of amides is 1. The smallest absolute Gasteiger partial charge is 0.362 e. The molecule has 1 aliphatic heterocycles. The maximum absolute atomic E-state index is 13.0. The number of nitrogens with one attached hydrogen (secondary N) is 1. The van der Waals surface area contributed by atoms with Crippen molar-refractivity contribution in [2.45, 2.75) is 25.9 Å². The molecular formula is C19H19F3N2O. The summed E-state index contributed by atoms with van der Waals surface area (Å²) in [6.45, 7) is 2.76. The molecule has 1 aliphatic rings. The number of rotatable bonds is 3. The van der Waals surface area contributed by atoms with Crippen molar-refractivity contribution in [2.75, 3.05) is 23.3 Å². The van der Waals surface area contributed by atoms with Crippen molar-refractivity contribution in [1.82, 2.24) is 0 Å². The number of carbonyl (C=O) groups is 1. The van der Waals surface area contributed by atoms with Gasteiger partial charge in [-0.3, -0.25) is 4.79 Å². The van der Waals surface area contributed by atoms with Gasteiger partial charge in [0.05, 0.1) is 17.8 Å². The van der Waals surface area contributed by atoms with Gasteiger partial charge >= 0.3 is 6.18 Å². The van der Waals surface area contributed by atoms with E-state index in [0.717, 1.165) is 30.2 Å². The Morgan fingerprint density at radius 1 is 1.20 bits per heavy atom. The van der Waals surface area contributed by atoms with E-state index in [1.165, 1.54) is 23.8 Å². The zero-order chi connectivity index (χ0) is 18.0. The van der Waals surface area contributed by atoms with E-state index in [-0.39, 0.29) is 12.2 Å². The Hall–Kier alpha value is -2.50. The van der Waals surface area contributed by atoms with Crippen molar-refractivity contribution >= 4 is 17.3 Å². The van der Waals surface area contributed by atoms with E-state index in [4.69, 9.17) is 0 Å². The molecule has 2 aromatic carbocycles. The topological polar surface area (TPSA) is 32.3 Å². The first-order chi connectivity index (χ1) is 11.8. The highest BCUT2D eigenvalue weighted by Gasteiger charge is 2.33. The van der Waals surface area contributed by atoms with Gasteiger partial charge in [0.25, 0.3) is 0 Å². The van der Waals surface area contributed by atoms with Gasteiger partial charge in [-0.15, -0.1) is 0 Å². The number of halogens is 3. The molecule has 0 bridgehead atoms. The third-order valence-electron chi connectivity index (χ3n) is 4.29. The summed E-state index contributed by atoms with van der Waals surface area (Å²) in [7, 11) is 0. The van der Waals surface area contributed by atoms with Crippen molar-refractivity contribution in [3.8, 4) is 0 Å². The summed E-state index contributed by atoms with van der Waals surface area (Å²) in [6, 6.07) is 11.1. The summed E-state index contributed by atoms with van der Waals surface area (Å²) in [5.74, 6) is -0.454. The fourth-order valence-electron chi connectivity index (χ4n) is 3.17. The van der Waals surface area contributed by atoms with Gasteiger partial charge in [-0.25, -0.2) is 0 Å². The van der Waals surface area contributed by atoms with E-state index in [9.17, 15) is 18.0 Å². The standard InChI is InChI=1S/C19H19F3N2O/c1-13-8-9-17-14(11-13)5-4-10-24(17)12-18(25)23-16-7-3-2-6-15(16)19(20,21)22/h2-3,6-9,11H,4-5,10,12H2,1H3,(H,23,25). The number of hydrogen-bond acceptors (Lipinski definition) is 2. The number of para-hydroxylation sites is 1. The second-order valence-electron chi connectivity index (χ2n) is 6.25. The van der Waals surface area contributed by atoms with Crippen molar-refractivity contribution in [1.29, 1.82) is 0 Å². The predicted molar refractivity (Wildman–Crippen MR) is 91.8 cm³/mol. The Morgan fingerprint density at radius 3 is 2.72 bits per heavy atom. The molecule has 0 spiro atoms. The molecular weight excluding hydrogens is 329 g/mol. The Labute approximate surface area is 144 Å². The third-order valence-corrected chi connectivity index (χ3v) is 4.29. The molecule has 3 nitrogen and oxygen atoms in total. The lowest BCUT2D eigenvalue weighted by molar-refractivity contribution is -0.137. The largest absolute Gasteiger partial charge is 0.418 e. The minimum atomic E-state index is -4.50. The van der Waals surface area contributed by atoms with E-state index >= 15 is 0 Å². The van der Waals surface area contributed by atoms with Gasteiger partial charge in [0, 0.05) is 12.2 Å². The van der Waals surface area contributed by atoms with Crippen LogP contribution in [-0.2, 0) is 17.4 Å². The van der Waals surface area contributed by atoms with Gasteiger partial charge in [-0.05, 0) is 43.5 Å². The summed E-state index contributed by atoms with van der Waals surface area (Å²) in [5, 5.41) is 2.41. The molecule has 132 valence electrons. The van der Waals surface area contributed by atoms with Crippen LogP contribution in [0.3, 0.4) is 0 Å². The van der Waals surface area contributed by atoms with Crippen LogP contribution in [0.4, 0.5) is 24.5 Å². The maximum atomic E-state index is 13.0. The van der Waals surface area contributed by atoms with E-state index < -0.39 is 17.6 Å². The fraction of sp³-hybridized carbons (Fsp3) is 0.316. The average molecular weight is 348 g/mol. The number of carbonyl (C=O) groups excluding carboxylic acids is 1. The first-order valence-electron chi connectivity index (χ1n) is 8.15. The maximum Gasteiger partial charge on any atom is 0.418 e. The molecule has 2 aromatic rings. The van der Waals surface area contributed by atoms with Gasteiger partial charge < -0.3 is 10.2 Å². The zero-order valence-corrected chi connectivity index (χ0v) is 13.9. The number of fused-ring (bicyclic) bond motifs is 1. The zero-order valence-electron chi connectivity index (χ0n) is 13.9. The molecule has 1 N–H and O–H groups in total. The second-order valence-corrected chi connectivity index (χ2v) is 6.25. The number of hydrogen-bond donors (Lipinski definition) is 1. The minimum absolute atomic E-state index is 0.0300. The fourth-order valence-corrected chi connectivity index (χ4v) is 3.17. The lowest BCUT2D eigenvalue weighted by atomic mass is 9.99. The van der Waals surface area contributed by atoms with Crippen LogP contribution in [0.1, 0.15) is 23.1 Å². The van der Waals surface area contributed by atoms with Gasteiger partial charge in [0.1, 0.15) is 0 Å².